The van der Waals surface area contributed by atoms with Gasteiger partial charge in [-0.2, -0.15) is 0 Å². The molecule has 5 nitrogen and oxygen atoms in total. The summed E-state index contributed by atoms with van der Waals surface area (Å²) in [7, 11) is 1.57. The molecule has 0 bridgehead atoms. The van der Waals surface area contributed by atoms with Crippen molar-refractivity contribution in [1.29, 1.82) is 0 Å². The number of methoxy groups -OCH3 is 1. The van der Waals surface area contributed by atoms with Gasteiger partial charge in [0.15, 0.2) is 0 Å². The van der Waals surface area contributed by atoms with Crippen LogP contribution in [0.15, 0.2) is 36.7 Å². The van der Waals surface area contributed by atoms with Crippen molar-refractivity contribution in [3.63, 3.8) is 0 Å². The topological polar surface area (TPSA) is 62.8 Å². The van der Waals surface area contributed by atoms with Gasteiger partial charge in [0.25, 0.3) is 0 Å². The summed E-state index contributed by atoms with van der Waals surface area (Å²) in [6.45, 7) is 1.82. The molecule has 24 heavy (non-hydrogen) atoms. The fourth-order valence-corrected chi connectivity index (χ4v) is 3.06. The van der Waals surface area contributed by atoms with E-state index in [2.05, 4.69) is 26.3 Å². The van der Waals surface area contributed by atoms with Crippen LogP contribution in [0.2, 0.25) is 0 Å². The fourth-order valence-electron chi connectivity index (χ4n) is 3.06. The molecule has 1 aromatic carbocycles. The molecule has 2 N–H and O–H groups in total. The standard InChI is InChI=1S/C18H17FN4O/c1-24-16-3-2-12(19)8-13(16)17-14-9-15(11-4-6-20-7-5-11)23-18(14)22-10-21-17/h2-4,8-10,20H,5-7H2,1H3,(H,21,22,23). The molecule has 0 fully saturated rings. The van der Waals surface area contributed by atoms with Gasteiger partial charge in [0, 0.05) is 23.2 Å². The molecule has 0 saturated heterocycles. The van der Waals surface area contributed by atoms with Gasteiger partial charge in [-0.25, -0.2) is 14.4 Å². The molecule has 2 aromatic heterocycles. The first kappa shape index (κ1) is 14.8. The number of fused-ring (bicyclic) bond motifs is 1. The van der Waals surface area contributed by atoms with Crippen LogP contribution in [-0.2, 0) is 0 Å². The molecule has 0 saturated carbocycles. The number of hydrogen-bond acceptors (Lipinski definition) is 4. The highest BCUT2D eigenvalue weighted by Crippen LogP contribution is 2.34. The van der Waals surface area contributed by atoms with Crippen molar-refractivity contribution in [3.8, 4) is 17.0 Å². The van der Waals surface area contributed by atoms with E-state index in [0.29, 0.717) is 17.0 Å². The summed E-state index contributed by atoms with van der Waals surface area (Å²) >= 11 is 0. The quantitative estimate of drug-likeness (QED) is 0.777. The molecular formula is C18H17FN4O. The molecule has 3 aromatic rings. The van der Waals surface area contributed by atoms with Crippen LogP contribution in [0, 0.1) is 5.82 Å². The number of benzene rings is 1. The van der Waals surface area contributed by atoms with Crippen LogP contribution in [0.5, 0.6) is 5.75 Å². The van der Waals surface area contributed by atoms with Crippen LogP contribution in [0.1, 0.15) is 12.1 Å². The predicted molar refractivity (Wildman–Crippen MR) is 91.3 cm³/mol. The minimum Gasteiger partial charge on any atom is -0.496 e. The van der Waals surface area contributed by atoms with Crippen LogP contribution < -0.4 is 10.1 Å². The largest absolute Gasteiger partial charge is 0.496 e. The zero-order chi connectivity index (χ0) is 16.5. The molecule has 0 unspecified atom stereocenters. The van der Waals surface area contributed by atoms with E-state index in [-0.39, 0.29) is 5.82 Å². The summed E-state index contributed by atoms with van der Waals surface area (Å²) in [6, 6.07) is 6.47. The number of rotatable bonds is 3. The number of hydrogen-bond donors (Lipinski definition) is 2. The number of aromatic nitrogens is 3. The van der Waals surface area contributed by atoms with E-state index in [1.165, 1.54) is 24.0 Å². The summed E-state index contributed by atoms with van der Waals surface area (Å²) in [5.74, 6) is 0.259. The zero-order valence-corrected chi connectivity index (χ0v) is 13.3. The van der Waals surface area contributed by atoms with Crippen molar-refractivity contribution < 1.29 is 9.13 Å². The molecule has 1 aliphatic heterocycles. The van der Waals surface area contributed by atoms with E-state index in [0.717, 1.165) is 36.2 Å². The van der Waals surface area contributed by atoms with Gasteiger partial charge in [-0.05, 0) is 42.8 Å². The average molecular weight is 324 g/mol. The Labute approximate surface area is 138 Å². The molecular weight excluding hydrogens is 307 g/mol. The SMILES string of the molecule is COc1ccc(F)cc1-c1ncnc2[nH]c(C3=CCNCC3)cc12. The summed E-state index contributed by atoms with van der Waals surface area (Å²) in [4.78, 5) is 12.0. The van der Waals surface area contributed by atoms with E-state index in [1.54, 1.807) is 13.2 Å². The van der Waals surface area contributed by atoms with E-state index in [9.17, 15) is 4.39 Å². The lowest BCUT2D eigenvalue weighted by atomic mass is 10.0. The minimum absolute atomic E-state index is 0.325. The summed E-state index contributed by atoms with van der Waals surface area (Å²) in [5, 5.41) is 4.16. The lowest BCUT2D eigenvalue weighted by molar-refractivity contribution is 0.415. The molecule has 4 rings (SSSR count). The van der Waals surface area contributed by atoms with Crippen molar-refractivity contribution in [3.05, 3.63) is 48.2 Å². The normalized spacial score (nSPS) is 14.7. The number of nitrogens with zero attached hydrogens (tertiary/aromatic N) is 2. The summed E-state index contributed by atoms with van der Waals surface area (Å²) in [6.07, 6.45) is 4.61. The second-order valence-corrected chi connectivity index (χ2v) is 5.70. The van der Waals surface area contributed by atoms with Crippen molar-refractivity contribution in [2.75, 3.05) is 20.2 Å². The highest BCUT2D eigenvalue weighted by atomic mass is 19.1. The average Bonchev–Trinajstić information content (AvgIpc) is 3.06. The molecule has 0 radical (unpaired) electrons. The number of ether oxygens (including phenoxy) is 1. The highest BCUT2D eigenvalue weighted by Gasteiger charge is 2.16. The van der Waals surface area contributed by atoms with Gasteiger partial charge < -0.3 is 15.0 Å². The van der Waals surface area contributed by atoms with E-state index in [1.807, 2.05) is 6.07 Å². The first-order valence-corrected chi connectivity index (χ1v) is 7.84. The van der Waals surface area contributed by atoms with Gasteiger partial charge in [0.05, 0.1) is 12.8 Å². The second-order valence-electron chi connectivity index (χ2n) is 5.70. The minimum atomic E-state index is -0.325. The van der Waals surface area contributed by atoms with Gasteiger partial charge in [-0.15, -0.1) is 0 Å². The highest BCUT2D eigenvalue weighted by molar-refractivity contribution is 5.94. The third-order valence-corrected chi connectivity index (χ3v) is 4.25. The Bertz CT molecular complexity index is 932. The van der Waals surface area contributed by atoms with Crippen LogP contribution in [0.3, 0.4) is 0 Å². The van der Waals surface area contributed by atoms with Crippen LogP contribution >= 0.6 is 0 Å². The molecule has 1 aliphatic rings. The Hall–Kier alpha value is -2.73. The van der Waals surface area contributed by atoms with Gasteiger partial charge in [-0.3, -0.25) is 0 Å². The molecule has 122 valence electrons. The Morgan fingerprint density at radius 3 is 2.92 bits per heavy atom. The Balaban J connectivity index is 1.89. The predicted octanol–water partition coefficient (Wildman–Crippen LogP) is 3.15. The van der Waals surface area contributed by atoms with Crippen molar-refractivity contribution in [2.45, 2.75) is 6.42 Å². The molecule has 3 heterocycles. The van der Waals surface area contributed by atoms with E-state index >= 15 is 0 Å². The molecule has 0 spiro atoms. The molecule has 0 aliphatic carbocycles. The van der Waals surface area contributed by atoms with Crippen LogP contribution in [0.25, 0.3) is 27.9 Å². The van der Waals surface area contributed by atoms with Gasteiger partial charge in [0.1, 0.15) is 23.5 Å². The second kappa shape index (κ2) is 6.05. The lowest BCUT2D eigenvalue weighted by Crippen LogP contribution is -2.20. The van der Waals surface area contributed by atoms with Crippen molar-refractivity contribution in [1.82, 2.24) is 20.3 Å². The third-order valence-electron chi connectivity index (χ3n) is 4.25. The number of nitrogens with one attached hydrogen (secondary N) is 2. The van der Waals surface area contributed by atoms with Crippen LogP contribution in [-0.4, -0.2) is 35.2 Å². The maximum Gasteiger partial charge on any atom is 0.141 e. The number of halogens is 1. The van der Waals surface area contributed by atoms with E-state index < -0.39 is 0 Å². The van der Waals surface area contributed by atoms with Crippen molar-refractivity contribution in [2.24, 2.45) is 0 Å². The molecule has 6 heteroatoms. The van der Waals surface area contributed by atoms with Gasteiger partial charge in [-0.1, -0.05) is 6.08 Å². The number of aromatic amines is 1. The smallest absolute Gasteiger partial charge is 0.141 e. The summed E-state index contributed by atoms with van der Waals surface area (Å²) in [5.41, 5.74) is 4.30. The van der Waals surface area contributed by atoms with E-state index in [4.69, 9.17) is 4.74 Å². The maximum absolute atomic E-state index is 13.7. The Kier molecular flexibility index (Phi) is 3.74. The summed E-state index contributed by atoms with van der Waals surface area (Å²) < 4.78 is 19.1. The molecule has 0 atom stereocenters. The zero-order valence-electron chi connectivity index (χ0n) is 13.3. The Morgan fingerprint density at radius 2 is 2.12 bits per heavy atom. The Morgan fingerprint density at radius 1 is 1.21 bits per heavy atom. The van der Waals surface area contributed by atoms with Crippen molar-refractivity contribution >= 4 is 16.6 Å². The monoisotopic (exact) mass is 324 g/mol. The van der Waals surface area contributed by atoms with Gasteiger partial charge in [0.2, 0.25) is 0 Å². The first-order valence-electron chi connectivity index (χ1n) is 7.84. The molecule has 0 amide bonds. The maximum atomic E-state index is 13.7. The fraction of sp³-hybridized carbons (Fsp3) is 0.222. The van der Waals surface area contributed by atoms with Gasteiger partial charge >= 0.3 is 0 Å². The lowest BCUT2D eigenvalue weighted by Gasteiger charge is -2.12. The third kappa shape index (κ3) is 2.55. The number of H-pyrrole nitrogens is 1. The first-order chi connectivity index (χ1) is 11.8. The van der Waals surface area contributed by atoms with Crippen LogP contribution in [0.4, 0.5) is 4.39 Å².